The van der Waals surface area contributed by atoms with Crippen molar-refractivity contribution < 1.29 is 27.6 Å². The van der Waals surface area contributed by atoms with Crippen LogP contribution in [0, 0.1) is 5.92 Å². The first-order chi connectivity index (χ1) is 17.1. The van der Waals surface area contributed by atoms with E-state index in [9.17, 15) is 27.6 Å². The molecule has 1 aromatic carbocycles. The second kappa shape index (κ2) is 13.0. The molecule has 0 saturated carbocycles. The van der Waals surface area contributed by atoms with Gasteiger partial charge >= 0.3 is 6.18 Å². The van der Waals surface area contributed by atoms with Gasteiger partial charge in [0.1, 0.15) is 6.04 Å². The number of pyridine rings is 1. The van der Waals surface area contributed by atoms with Gasteiger partial charge < -0.3 is 15.5 Å². The standard InChI is InChI=1S/C25H31F3N4O3S/c1-32-10-8-18(9-11-32)23(34)31-21(7-4-12-36-16-22(33)25(26,27)28)24(35)30-15-17-13-19-5-2-3-6-20(19)29-14-17/h2-3,5-6,13-14,18,21H,4,7-12,15-16H2,1H3,(H,30,35)(H,31,34)/t21-/m0/s1. The van der Waals surface area contributed by atoms with E-state index in [0.717, 1.165) is 41.3 Å². The minimum absolute atomic E-state index is 0.181. The molecule has 2 aromatic rings. The van der Waals surface area contributed by atoms with Gasteiger partial charge in [0.15, 0.2) is 0 Å². The van der Waals surface area contributed by atoms with Crippen LogP contribution in [0.3, 0.4) is 0 Å². The number of thioether (sulfide) groups is 1. The molecule has 3 rings (SSSR count). The first-order valence-electron chi connectivity index (χ1n) is 11.9. The number of aromatic nitrogens is 1. The minimum atomic E-state index is -4.84. The van der Waals surface area contributed by atoms with Gasteiger partial charge in [-0.05, 0) is 69.3 Å². The molecule has 0 spiro atoms. The van der Waals surface area contributed by atoms with E-state index in [-0.39, 0.29) is 36.5 Å². The van der Waals surface area contributed by atoms with Crippen molar-refractivity contribution >= 4 is 40.3 Å². The molecule has 1 fully saturated rings. The van der Waals surface area contributed by atoms with Gasteiger partial charge in [0, 0.05) is 24.0 Å². The molecule has 2 amide bonds. The smallest absolute Gasteiger partial charge is 0.350 e. The Hall–Kier alpha value is -2.66. The fourth-order valence-electron chi connectivity index (χ4n) is 3.99. The molecule has 1 aliphatic rings. The zero-order valence-corrected chi connectivity index (χ0v) is 21.0. The Kier molecular flexibility index (Phi) is 10.1. The van der Waals surface area contributed by atoms with Crippen molar-refractivity contribution in [2.45, 2.75) is 44.4 Å². The van der Waals surface area contributed by atoms with Gasteiger partial charge in [-0.15, -0.1) is 0 Å². The van der Waals surface area contributed by atoms with E-state index in [4.69, 9.17) is 0 Å². The van der Waals surface area contributed by atoms with E-state index in [1.165, 1.54) is 0 Å². The lowest BCUT2D eigenvalue weighted by molar-refractivity contribution is -0.167. The quantitative estimate of drug-likeness (QED) is 0.439. The van der Waals surface area contributed by atoms with E-state index in [1.54, 1.807) is 6.20 Å². The predicted octanol–water partition coefficient (Wildman–Crippen LogP) is 3.32. The summed E-state index contributed by atoms with van der Waals surface area (Å²) in [6.07, 6.45) is -1.12. The fraction of sp³-hybridized carbons (Fsp3) is 0.520. The van der Waals surface area contributed by atoms with E-state index in [2.05, 4.69) is 20.5 Å². The number of Topliss-reactive ketones (excluding diaryl/α,β-unsaturated/α-hetero) is 1. The van der Waals surface area contributed by atoms with Gasteiger partial charge in [-0.25, -0.2) is 0 Å². The molecule has 0 unspecified atom stereocenters. The van der Waals surface area contributed by atoms with Gasteiger partial charge in [-0.3, -0.25) is 19.4 Å². The SMILES string of the molecule is CN1CCC(C(=O)N[C@@H](CCCSCC(=O)C(F)(F)F)C(=O)NCc2cnc3ccccc3c2)CC1. The van der Waals surface area contributed by atoms with E-state index < -0.39 is 23.8 Å². The molecule has 11 heteroatoms. The zero-order chi connectivity index (χ0) is 26.1. The molecule has 1 saturated heterocycles. The van der Waals surface area contributed by atoms with Gasteiger partial charge in [-0.2, -0.15) is 24.9 Å². The monoisotopic (exact) mass is 524 g/mol. The van der Waals surface area contributed by atoms with Crippen LogP contribution in [-0.4, -0.2) is 71.3 Å². The third kappa shape index (κ3) is 8.48. The number of carbonyl (C=O) groups is 3. The number of rotatable bonds is 11. The van der Waals surface area contributed by atoms with Gasteiger partial charge in [0.2, 0.25) is 17.6 Å². The summed E-state index contributed by atoms with van der Waals surface area (Å²) in [7, 11) is 1.99. The Morgan fingerprint density at radius 1 is 1.19 bits per heavy atom. The van der Waals surface area contributed by atoms with Crippen LogP contribution in [0.4, 0.5) is 13.2 Å². The molecule has 0 radical (unpaired) electrons. The summed E-state index contributed by atoms with van der Waals surface area (Å²) in [6, 6.07) is 8.74. The molecule has 0 aliphatic carbocycles. The summed E-state index contributed by atoms with van der Waals surface area (Å²) in [4.78, 5) is 43.4. The number of ketones is 1. The molecule has 1 atom stereocenters. The van der Waals surface area contributed by atoms with Crippen molar-refractivity contribution in [3.63, 3.8) is 0 Å². The number of amides is 2. The van der Waals surface area contributed by atoms with E-state index in [0.29, 0.717) is 19.3 Å². The summed E-state index contributed by atoms with van der Waals surface area (Å²) in [5.41, 5.74) is 1.65. The lowest BCUT2D eigenvalue weighted by atomic mass is 9.95. The van der Waals surface area contributed by atoms with Gasteiger partial charge in [0.25, 0.3) is 0 Å². The highest BCUT2D eigenvalue weighted by Crippen LogP contribution is 2.20. The van der Waals surface area contributed by atoms with Crippen LogP contribution < -0.4 is 10.6 Å². The zero-order valence-electron chi connectivity index (χ0n) is 20.1. The highest BCUT2D eigenvalue weighted by Gasteiger charge is 2.37. The number of fused-ring (bicyclic) bond motifs is 1. The first-order valence-corrected chi connectivity index (χ1v) is 13.1. The number of hydrogen-bond donors (Lipinski definition) is 2. The maximum absolute atomic E-state index is 13.0. The molecule has 36 heavy (non-hydrogen) atoms. The summed E-state index contributed by atoms with van der Waals surface area (Å²) in [6.45, 7) is 1.83. The Morgan fingerprint density at radius 3 is 2.64 bits per heavy atom. The average Bonchev–Trinajstić information content (AvgIpc) is 2.85. The van der Waals surface area contributed by atoms with Crippen LogP contribution in [0.5, 0.6) is 0 Å². The maximum Gasteiger partial charge on any atom is 0.450 e. The Bertz CT molecular complexity index is 1060. The normalized spacial score (nSPS) is 16.0. The third-order valence-electron chi connectivity index (χ3n) is 6.17. The summed E-state index contributed by atoms with van der Waals surface area (Å²) < 4.78 is 37.1. The number of para-hydroxylation sites is 1. The number of piperidine rings is 1. The molecule has 2 N–H and O–H groups in total. The van der Waals surface area contributed by atoms with Crippen molar-refractivity contribution in [2.24, 2.45) is 5.92 Å². The number of carbonyl (C=O) groups excluding carboxylic acids is 3. The van der Waals surface area contributed by atoms with Gasteiger partial charge in [-0.1, -0.05) is 18.2 Å². The van der Waals surface area contributed by atoms with Crippen molar-refractivity contribution in [3.8, 4) is 0 Å². The van der Waals surface area contributed by atoms with Gasteiger partial charge in [0.05, 0.1) is 11.3 Å². The minimum Gasteiger partial charge on any atom is -0.350 e. The van der Waals surface area contributed by atoms with Crippen molar-refractivity contribution in [2.75, 3.05) is 31.6 Å². The highest BCUT2D eigenvalue weighted by atomic mass is 32.2. The first kappa shape index (κ1) is 27.9. The molecule has 7 nitrogen and oxygen atoms in total. The molecular weight excluding hydrogens is 493 g/mol. The number of nitrogens with zero attached hydrogens (tertiary/aromatic N) is 2. The number of likely N-dealkylation sites (tertiary alicyclic amines) is 1. The second-order valence-electron chi connectivity index (χ2n) is 9.01. The second-order valence-corrected chi connectivity index (χ2v) is 10.1. The molecule has 196 valence electrons. The van der Waals surface area contributed by atoms with E-state index in [1.807, 2.05) is 37.4 Å². The molecule has 2 heterocycles. The van der Waals surface area contributed by atoms with Crippen LogP contribution in [0.2, 0.25) is 0 Å². The van der Waals surface area contributed by atoms with Crippen molar-refractivity contribution in [3.05, 3.63) is 42.1 Å². The predicted molar refractivity (Wildman–Crippen MR) is 133 cm³/mol. The molecule has 0 bridgehead atoms. The summed E-state index contributed by atoms with van der Waals surface area (Å²) in [5.74, 6) is -2.89. The van der Waals surface area contributed by atoms with Crippen LogP contribution in [0.25, 0.3) is 10.9 Å². The maximum atomic E-state index is 13.0. The topological polar surface area (TPSA) is 91.4 Å². The van der Waals surface area contributed by atoms with Crippen LogP contribution in [-0.2, 0) is 20.9 Å². The highest BCUT2D eigenvalue weighted by molar-refractivity contribution is 7.99. The largest absolute Gasteiger partial charge is 0.450 e. The Morgan fingerprint density at radius 2 is 1.92 bits per heavy atom. The molecule has 1 aliphatic heterocycles. The average molecular weight is 525 g/mol. The number of alkyl halides is 3. The molecule has 1 aromatic heterocycles. The number of halogens is 3. The van der Waals surface area contributed by atoms with Crippen molar-refractivity contribution in [1.82, 2.24) is 20.5 Å². The lowest BCUT2D eigenvalue weighted by Crippen LogP contribution is -2.49. The third-order valence-corrected chi connectivity index (χ3v) is 7.21. The van der Waals surface area contributed by atoms with Crippen LogP contribution >= 0.6 is 11.8 Å². The lowest BCUT2D eigenvalue weighted by Gasteiger charge is -2.29. The number of hydrogen-bond acceptors (Lipinski definition) is 6. The van der Waals surface area contributed by atoms with Crippen LogP contribution in [0.1, 0.15) is 31.2 Å². The van der Waals surface area contributed by atoms with Crippen LogP contribution in [0.15, 0.2) is 36.5 Å². The summed E-state index contributed by atoms with van der Waals surface area (Å²) >= 11 is 0.873. The Labute approximate surface area is 212 Å². The fourth-order valence-corrected chi connectivity index (χ4v) is 4.86. The van der Waals surface area contributed by atoms with E-state index >= 15 is 0 Å². The Balaban J connectivity index is 1.56. The number of benzene rings is 1. The number of nitrogens with one attached hydrogen (secondary N) is 2. The van der Waals surface area contributed by atoms with Crippen molar-refractivity contribution in [1.29, 1.82) is 0 Å². The summed E-state index contributed by atoms with van der Waals surface area (Å²) in [5, 5.41) is 6.64. The molecular formula is C25H31F3N4O3S.